The molecule has 0 saturated carbocycles. The molecule has 0 aliphatic carbocycles. The Hall–Kier alpha value is -3.33. The molecule has 3 N–H and O–H groups in total. The summed E-state index contributed by atoms with van der Waals surface area (Å²) in [5.41, 5.74) is 2.45. The molecule has 3 atom stereocenters. The second-order valence-corrected chi connectivity index (χ2v) is 6.61. The number of benzene rings is 2. The first kappa shape index (κ1) is 18.5. The first-order valence-electron chi connectivity index (χ1n) is 8.45. The van der Waals surface area contributed by atoms with Gasteiger partial charge < -0.3 is 10.5 Å². The molecule has 0 spiro atoms. The van der Waals surface area contributed by atoms with E-state index in [1.165, 1.54) is 24.3 Å². The third kappa shape index (κ3) is 3.77. The van der Waals surface area contributed by atoms with Crippen LogP contribution in [-0.4, -0.2) is 20.8 Å². The molecule has 0 unspecified atom stereocenters. The molecule has 27 heavy (non-hydrogen) atoms. The van der Waals surface area contributed by atoms with Crippen LogP contribution in [0.1, 0.15) is 36.6 Å². The lowest BCUT2D eigenvalue weighted by atomic mass is 9.81. The second kappa shape index (κ2) is 7.50. The lowest BCUT2D eigenvalue weighted by molar-refractivity contribution is -0.741. The van der Waals surface area contributed by atoms with E-state index < -0.39 is 9.85 Å². The van der Waals surface area contributed by atoms with E-state index in [9.17, 15) is 25.4 Å². The number of oxime groups is 1. The minimum Gasteiger partial charge on any atom is -0.411 e. The van der Waals surface area contributed by atoms with Crippen molar-refractivity contribution in [3.63, 3.8) is 0 Å². The van der Waals surface area contributed by atoms with Crippen molar-refractivity contribution in [3.8, 4) is 0 Å². The van der Waals surface area contributed by atoms with E-state index in [2.05, 4.69) is 10.5 Å². The van der Waals surface area contributed by atoms with Crippen LogP contribution in [0.15, 0.2) is 53.7 Å². The summed E-state index contributed by atoms with van der Waals surface area (Å²) in [6, 6.07) is 12.5. The number of nitro groups is 2. The average Bonchev–Trinajstić information content (AvgIpc) is 2.68. The van der Waals surface area contributed by atoms with Crippen molar-refractivity contribution in [2.45, 2.75) is 25.4 Å². The van der Waals surface area contributed by atoms with Crippen LogP contribution in [0.25, 0.3) is 0 Å². The van der Waals surface area contributed by atoms with Crippen LogP contribution >= 0.6 is 0 Å². The summed E-state index contributed by atoms with van der Waals surface area (Å²) in [5, 5.41) is 36.7. The van der Waals surface area contributed by atoms with Gasteiger partial charge in [0, 0.05) is 41.8 Å². The predicted molar refractivity (Wildman–Crippen MR) is 96.6 cm³/mol. The molecule has 0 aromatic heterocycles. The number of hydrogen-bond acceptors (Lipinski definition) is 6. The van der Waals surface area contributed by atoms with Gasteiger partial charge in [-0.15, -0.1) is 0 Å². The molecule has 2 aromatic rings. The first-order chi connectivity index (χ1) is 12.9. The highest BCUT2D eigenvalue weighted by atomic mass is 16.6. The molecular formula is C18H19N4O5+. The smallest absolute Gasteiger partial charge is 0.269 e. The van der Waals surface area contributed by atoms with Crippen molar-refractivity contribution >= 4 is 17.1 Å². The zero-order valence-corrected chi connectivity index (χ0v) is 14.6. The summed E-state index contributed by atoms with van der Waals surface area (Å²) in [5.74, 6) is -0.0641. The Bertz CT molecular complexity index is 880. The summed E-state index contributed by atoms with van der Waals surface area (Å²) in [4.78, 5) is 20.8. The van der Waals surface area contributed by atoms with E-state index in [0.717, 1.165) is 11.1 Å². The van der Waals surface area contributed by atoms with Gasteiger partial charge in [0.2, 0.25) is 0 Å². The molecule has 1 aliphatic rings. The van der Waals surface area contributed by atoms with Gasteiger partial charge in [-0.2, -0.15) is 0 Å². The molecular weight excluding hydrogens is 352 g/mol. The second-order valence-electron chi connectivity index (χ2n) is 6.61. The molecule has 2 aromatic carbocycles. The number of nitrogens with two attached hydrogens (primary N) is 1. The van der Waals surface area contributed by atoms with Crippen LogP contribution in [0.4, 0.5) is 11.4 Å². The van der Waals surface area contributed by atoms with Crippen LogP contribution in [0.3, 0.4) is 0 Å². The largest absolute Gasteiger partial charge is 0.411 e. The van der Waals surface area contributed by atoms with Gasteiger partial charge in [0.1, 0.15) is 12.1 Å². The highest BCUT2D eigenvalue weighted by Gasteiger charge is 2.38. The number of quaternary nitrogens is 1. The van der Waals surface area contributed by atoms with Gasteiger partial charge in [0.05, 0.1) is 21.5 Å². The summed E-state index contributed by atoms with van der Waals surface area (Å²) < 4.78 is 0. The predicted octanol–water partition coefficient (Wildman–Crippen LogP) is 2.72. The maximum absolute atomic E-state index is 10.9. The molecule has 1 aliphatic heterocycles. The SMILES string of the molecule is C[C@@H]1/C(=N\O)C[C@@H](c2ccc([N+](=O)[O-])cc2)[NH2+][C@@H]1c1ccc([N+](=O)[O-])cc1. The Morgan fingerprint density at radius 3 is 1.89 bits per heavy atom. The number of rotatable bonds is 4. The van der Waals surface area contributed by atoms with Crippen LogP contribution in [0.2, 0.25) is 0 Å². The molecule has 140 valence electrons. The van der Waals surface area contributed by atoms with Gasteiger partial charge >= 0.3 is 0 Å². The monoisotopic (exact) mass is 371 g/mol. The zero-order chi connectivity index (χ0) is 19.6. The summed E-state index contributed by atoms with van der Waals surface area (Å²) in [6.07, 6.45) is 0.513. The highest BCUT2D eigenvalue weighted by molar-refractivity contribution is 5.87. The fraction of sp³-hybridized carbons (Fsp3) is 0.278. The maximum Gasteiger partial charge on any atom is 0.269 e. The normalized spacial score (nSPS) is 23.9. The minimum absolute atomic E-state index is 0.0187. The van der Waals surface area contributed by atoms with Crippen molar-refractivity contribution in [3.05, 3.63) is 79.9 Å². The lowest BCUT2D eigenvalue weighted by Crippen LogP contribution is -2.90. The molecule has 9 heteroatoms. The molecule has 9 nitrogen and oxygen atoms in total. The van der Waals surface area contributed by atoms with Crippen LogP contribution in [0, 0.1) is 26.1 Å². The quantitative estimate of drug-likeness (QED) is 0.484. The van der Waals surface area contributed by atoms with E-state index in [0.29, 0.717) is 12.1 Å². The molecule has 0 bridgehead atoms. The number of non-ortho nitro benzene ring substituents is 2. The summed E-state index contributed by atoms with van der Waals surface area (Å²) in [7, 11) is 0. The Balaban J connectivity index is 1.89. The number of piperidine rings is 1. The van der Waals surface area contributed by atoms with Crippen molar-refractivity contribution in [1.82, 2.24) is 0 Å². The number of nitrogens with zero attached hydrogens (tertiary/aromatic N) is 3. The van der Waals surface area contributed by atoms with E-state index in [4.69, 9.17) is 0 Å². The Morgan fingerprint density at radius 1 is 0.963 bits per heavy atom. The van der Waals surface area contributed by atoms with Gasteiger partial charge in [0.25, 0.3) is 11.4 Å². The van der Waals surface area contributed by atoms with Crippen molar-refractivity contribution < 1.29 is 20.4 Å². The molecule has 1 heterocycles. The molecule has 3 rings (SSSR count). The minimum atomic E-state index is -0.448. The summed E-state index contributed by atoms with van der Waals surface area (Å²) >= 11 is 0. The van der Waals surface area contributed by atoms with E-state index >= 15 is 0 Å². The van der Waals surface area contributed by atoms with Crippen molar-refractivity contribution in [2.24, 2.45) is 11.1 Å². The molecule has 1 fully saturated rings. The first-order valence-corrected chi connectivity index (χ1v) is 8.45. The van der Waals surface area contributed by atoms with E-state index in [-0.39, 0.29) is 29.4 Å². The van der Waals surface area contributed by atoms with Crippen molar-refractivity contribution in [1.29, 1.82) is 0 Å². The van der Waals surface area contributed by atoms with Gasteiger partial charge in [-0.1, -0.05) is 12.1 Å². The van der Waals surface area contributed by atoms with Gasteiger partial charge in [-0.05, 0) is 24.3 Å². The number of nitro benzene ring substituents is 2. The summed E-state index contributed by atoms with van der Waals surface area (Å²) in [6.45, 7) is 1.95. The lowest BCUT2D eigenvalue weighted by Gasteiger charge is -2.33. The average molecular weight is 371 g/mol. The van der Waals surface area contributed by atoms with Crippen LogP contribution in [-0.2, 0) is 0 Å². The van der Waals surface area contributed by atoms with Crippen LogP contribution < -0.4 is 5.32 Å². The topological polar surface area (TPSA) is 135 Å². The van der Waals surface area contributed by atoms with Crippen LogP contribution in [0.5, 0.6) is 0 Å². The van der Waals surface area contributed by atoms with Gasteiger partial charge in [-0.25, -0.2) is 0 Å². The van der Waals surface area contributed by atoms with E-state index in [1.807, 2.05) is 6.92 Å². The Morgan fingerprint density at radius 2 is 1.44 bits per heavy atom. The molecule has 1 saturated heterocycles. The maximum atomic E-state index is 10.9. The fourth-order valence-electron chi connectivity index (χ4n) is 3.53. The molecule has 0 radical (unpaired) electrons. The third-order valence-corrected chi connectivity index (χ3v) is 5.08. The fourth-order valence-corrected chi connectivity index (χ4v) is 3.53. The van der Waals surface area contributed by atoms with Gasteiger partial charge in [0.15, 0.2) is 0 Å². The highest BCUT2D eigenvalue weighted by Crippen LogP contribution is 2.31. The van der Waals surface area contributed by atoms with E-state index in [1.54, 1.807) is 24.3 Å². The molecule has 0 amide bonds. The standard InChI is InChI=1S/C18H18N4O5/c1-11-16(20-23)10-17(12-2-6-14(7-3-12)21(24)25)19-18(11)13-4-8-15(9-5-13)22(26)27/h2-9,11,17-19,23H,10H2,1H3/p+1/b20-16-/t11-,17+,18+/m1/s1. The zero-order valence-electron chi connectivity index (χ0n) is 14.6. The number of hydrogen-bond donors (Lipinski definition) is 2. The Labute approximate surface area is 154 Å². The Kier molecular flexibility index (Phi) is 5.13. The van der Waals surface area contributed by atoms with Gasteiger partial charge in [-0.3, -0.25) is 20.2 Å². The van der Waals surface area contributed by atoms with Crippen molar-refractivity contribution in [2.75, 3.05) is 0 Å². The third-order valence-electron chi connectivity index (χ3n) is 5.08.